The Morgan fingerprint density at radius 1 is 1.32 bits per heavy atom. The summed E-state index contributed by atoms with van der Waals surface area (Å²) < 4.78 is 5.33. The van der Waals surface area contributed by atoms with E-state index in [1.165, 1.54) is 5.56 Å². The Labute approximate surface area is 136 Å². The molecule has 0 unspecified atom stereocenters. The fourth-order valence-corrected chi connectivity index (χ4v) is 3.89. The summed E-state index contributed by atoms with van der Waals surface area (Å²) >= 11 is 1.75. The van der Waals surface area contributed by atoms with Gasteiger partial charge in [-0.2, -0.15) is 11.3 Å². The van der Waals surface area contributed by atoms with Crippen LogP contribution < -0.4 is 5.32 Å². The Bertz CT molecular complexity index is 466. The summed E-state index contributed by atoms with van der Waals surface area (Å²) in [4.78, 5) is 16.7. The summed E-state index contributed by atoms with van der Waals surface area (Å²) in [6.07, 6.45) is 1.86. The standard InChI is InChI=1S/C16H25N3O2S/c1-13(14-4-11-22-12-14)18-5-7-19(8-6-18)16(20)17-15-2-9-21-10-3-15/h4,11-13,15H,2-3,5-10H2,1H3,(H,17,20)/t13-/m1/s1. The number of nitrogens with zero attached hydrogens (tertiary/aromatic N) is 2. The van der Waals surface area contributed by atoms with E-state index in [0.717, 1.165) is 52.2 Å². The lowest BCUT2D eigenvalue weighted by atomic mass is 10.1. The number of amides is 2. The second kappa shape index (κ2) is 7.44. The van der Waals surface area contributed by atoms with Gasteiger partial charge in [-0.1, -0.05) is 0 Å². The first kappa shape index (κ1) is 15.8. The zero-order chi connectivity index (χ0) is 15.4. The van der Waals surface area contributed by atoms with Crippen LogP contribution in [0.15, 0.2) is 16.8 Å². The van der Waals surface area contributed by atoms with E-state index in [0.29, 0.717) is 6.04 Å². The first-order valence-electron chi connectivity index (χ1n) is 8.13. The highest BCUT2D eigenvalue weighted by atomic mass is 32.1. The van der Waals surface area contributed by atoms with Gasteiger partial charge in [0.2, 0.25) is 0 Å². The van der Waals surface area contributed by atoms with E-state index in [4.69, 9.17) is 4.74 Å². The van der Waals surface area contributed by atoms with Gasteiger partial charge in [-0.25, -0.2) is 4.79 Å². The number of carbonyl (C=O) groups is 1. The second-order valence-corrected chi connectivity index (χ2v) is 6.87. The van der Waals surface area contributed by atoms with Crippen molar-refractivity contribution in [1.29, 1.82) is 0 Å². The molecule has 1 atom stereocenters. The molecule has 2 aliphatic heterocycles. The zero-order valence-corrected chi connectivity index (χ0v) is 14.0. The average Bonchev–Trinajstić information content (AvgIpc) is 3.10. The van der Waals surface area contributed by atoms with Gasteiger partial charge in [0.05, 0.1) is 0 Å². The van der Waals surface area contributed by atoms with Gasteiger partial charge in [-0.15, -0.1) is 0 Å². The molecule has 5 nitrogen and oxygen atoms in total. The van der Waals surface area contributed by atoms with Crippen LogP contribution in [0.25, 0.3) is 0 Å². The van der Waals surface area contributed by atoms with Crippen molar-refractivity contribution in [2.24, 2.45) is 0 Å². The van der Waals surface area contributed by atoms with Crippen molar-refractivity contribution in [3.05, 3.63) is 22.4 Å². The highest BCUT2D eigenvalue weighted by molar-refractivity contribution is 7.07. The van der Waals surface area contributed by atoms with Crippen LogP contribution in [0.4, 0.5) is 4.79 Å². The van der Waals surface area contributed by atoms with Gasteiger partial charge in [0.25, 0.3) is 0 Å². The largest absolute Gasteiger partial charge is 0.381 e. The van der Waals surface area contributed by atoms with E-state index >= 15 is 0 Å². The number of urea groups is 1. The summed E-state index contributed by atoms with van der Waals surface area (Å²) in [5, 5.41) is 7.50. The minimum absolute atomic E-state index is 0.0923. The molecule has 0 aliphatic carbocycles. The molecule has 122 valence electrons. The first-order chi connectivity index (χ1) is 10.7. The van der Waals surface area contributed by atoms with E-state index in [9.17, 15) is 4.79 Å². The van der Waals surface area contributed by atoms with E-state index in [1.807, 2.05) is 4.90 Å². The molecule has 0 bridgehead atoms. The minimum atomic E-state index is 0.0923. The third-order valence-corrected chi connectivity index (χ3v) is 5.43. The molecule has 0 spiro atoms. The number of rotatable bonds is 3. The topological polar surface area (TPSA) is 44.8 Å². The predicted octanol–water partition coefficient (Wildman–Crippen LogP) is 2.32. The maximum Gasteiger partial charge on any atom is 0.317 e. The highest BCUT2D eigenvalue weighted by Gasteiger charge is 2.26. The molecule has 0 aromatic carbocycles. The van der Waals surface area contributed by atoms with Crippen molar-refractivity contribution in [3.8, 4) is 0 Å². The van der Waals surface area contributed by atoms with Gasteiger partial charge in [0.1, 0.15) is 0 Å². The van der Waals surface area contributed by atoms with E-state index < -0.39 is 0 Å². The van der Waals surface area contributed by atoms with Crippen LogP contribution in [0.2, 0.25) is 0 Å². The van der Waals surface area contributed by atoms with Gasteiger partial charge in [-0.05, 0) is 42.2 Å². The number of carbonyl (C=O) groups excluding carboxylic acids is 1. The summed E-state index contributed by atoms with van der Waals surface area (Å²) in [5.74, 6) is 0. The summed E-state index contributed by atoms with van der Waals surface area (Å²) in [5.41, 5.74) is 1.38. The van der Waals surface area contributed by atoms with E-state index in [-0.39, 0.29) is 12.1 Å². The third-order valence-electron chi connectivity index (χ3n) is 4.72. The third kappa shape index (κ3) is 3.80. The Kier molecular flexibility index (Phi) is 5.33. The van der Waals surface area contributed by atoms with Crippen molar-refractivity contribution in [1.82, 2.24) is 15.1 Å². The molecule has 0 saturated carbocycles. The lowest BCUT2D eigenvalue weighted by Crippen LogP contribution is -2.54. The molecule has 2 fully saturated rings. The second-order valence-electron chi connectivity index (χ2n) is 6.09. The van der Waals surface area contributed by atoms with Gasteiger partial charge < -0.3 is 15.0 Å². The molecule has 1 aromatic heterocycles. The van der Waals surface area contributed by atoms with Gasteiger partial charge in [0.15, 0.2) is 0 Å². The fourth-order valence-electron chi connectivity index (χ4n) is 3.14. The molecule has 6 heteroatoms. The quantitative estimate of drug-likeness (QED) is 0.928. The zero-order valence-electron chi connectivity index (χ0n) is 13.2. The van der Waals surface area contributed by atoms with Crippen molar-refractivity contribution in [2.75, 3.05) is 39.4 Å². The number of ether oxygens (including phenoxy) is 1. The van der Waals surface area contributed by atoms with Crippen LogP contribution in [0, 0.1) is 0 Å². The number of hydrogen-bond donors (Lipinski definition) is 1. The Morgan fingerprint density at radius 3 is 2.68 bits per heavy atom. The van der Waals surface area contributed by atoms with Crippen molar-refractivity contribution in [2.45, 2.75) is 31.8 Å². The first-order valence-corrected chi connectivity index (χ1v) is 9.07. The smallest absolute Gasteiger partial charge is 0.317 e. The maximum absolute atomic E-state index is 12.3. The number of nitrogens with one attached hydrogen (secondary N) is 1. The van der Waals surface area contributed by atoms with Crippen LogP contribution in [-0.2, 0) is 4.74 Å². The summed E-state index contributed by atoms with van der Waals surface area (Å²) in [6.45, 7) is 7.27. The van der Waals surface area contributed by atoms with Gasteiger partial charge in [-0.3, -0.25) is 4.90 Å². The normalized spacial score (nSPS) is 22.5. The number of hydrogen-bond acceptors (Lipinski definition) is 4. The van der Waals surface area contributed by atoms with Gasteiger partial charge >= 0.3 is 6.03 Å². The Morgan fingerprint density at radius 2 is 2.05 bits per heavy atom. The monoisotopic (exact) mass is 323 g/mol. The summed E-state index contributed by atoms with van der Waals surface area (Å²) in [6, 6.07) is 3.00. The molecule has 1 N–H and O–H groups in total. The Hall–Kier alpha value is -1.11. The summed E-state index contributed by atoms with van der Waals surface area (Å²) in [7, 11) is 0. The van der Waals surface area contributed by atoms with E-state index in [1.54, 1.807) is 11.3 Å². The molecule has 2 amide bonds. The molecule has 0 radical (unpaired) electrons. The van der Waals surface area contributed by atoms with Crippen LogP contribution in [0.5, 0.6) is 0 Å². The molecule has 1 aromatic rings. The molecule has 2 aliphatic rings. The minimum Gasteiger partial charge on any atom is -0.381 e. The fraction of sp³-hybridized carbons (Fsp3) is 0.688. The van der Waals surface area contributed by atoms with E-state index in [2.05, 4.69) is 34.0 Å². The lowest BCUT2D eigenvalue weighted by Gasteiger charge is -2.38. The van der Waals surface area contributed by atoms with Gasteiger partial charge in [0, 0.05) is 51.5 Å². The van der Waals surface area contributed by atoms with Crippen LogP contribution >= 0.6 is 11.3 Å². The Balaban J connectivity index is 1.45. The lowest BCUT2D eigenvalue weighted by molar-refractivity contribution is 0.0743. The van der Waals surface area contributed by atoms with Crippen LogP contribution in [-0.4, -0.2) is 61.3 Å². The number of piperazine rings is 1. The average molecular weight is 323 g/mol. The predicted molar refractivity (Wildman–Crippen MR) is 88.3 cm³/mol. The SMILES string of the molecule is C[C@H](c1ccsc1)N1CCN(C(=O)NC2CCOCC2)CC1. The van der Waals surface area contributed by atoms with Crippen molar-refractivity contribution < 1.29 is 9.53 Å². The molecule has 3 rings (SSSR count). The molecule has 3 heterocycles. The molecule has 22 heavy (non-hydrogen) atoms. The van der Waals surface area contributed by atoms with Crippen LogP contribution in [0.1, 0.15) is 31.4 Å². The molecular formula is C16H25N3O2S. The van der Waals surface area contributed by atoms with Crippen molar-refractivity contribution >= 4 is 17.4 Å². The highest BCUT2D eigenvalue weighted by Crippen LogP contribution is 2.23. The molecular weight excluding hydrogens is 298 g/mol. The van der Waals surface area contributed by atoms with Crippen LogP contribution in [0.3, 0.4) is 0 Å². The maximum atomic E-state index is 12.3. The molecule has 2 saturated heterocycles. The number of thiophene rings is 1. The van der Waals surface area contributed by atoms with Crippen molar-refractivity contribution in [3.63, 3.8) is 0 Å².